The first-order valence-electron chi connectivity index (χ1n) is 7.28. The molecule has 0 aliphatic rings. The van der Waals surface area contributed by atoms with Crippen molar-refractivity contribution in [3.05, 3.63) is 58.7 Å². The van der Waals surface area contributed by atoms with Crippen molar-refractivity contribution in [1.82, 2.24) is 4.98 Å². The van der Waals surface area contributed by atoms with Gasteiger partial charge in [-0.3, -0.25) is 4.72 Å². The molecular weight excluding hydrogens is 363 g/mol. The number of aryl methyl sites for hydroxylation is 1. The molecule has 0 bridgehead atoms. The molecule has 0 saturated carbocycles. The highest BCUT2D eigenvalue weighted by Crippen LogP contribution is 2.26. The van der Waals surface area contributed by atoms with E-state index in [0.717, 1.165) is 22.3 Å². The monoisotopic (exact) mass is 378 g/mol. The highest BCUT2D eigenvalue weighted by Gasteiger charge is 2.17. The lowest BCUT2D eigenvalue weighted by atomic mass is 10.1. The molecule has 2 aromatic carbocycles. The third-order valence-electron chi connectivity index (χ3n) is 3.46. The minimum absolute atomic E-state index is 0.0140. The summed E-state index contributed by atoms with van der Waals surface area (Å²) < 4.78 is 46.0. The van der Waals surface area contributed by atoms with E-state index >= 15 is 0 Å². The number of hydrogen-bond acceptors (Lipinski definition) is 5. The summed E-state index contributed by atoms with van der Waals surface area (Å²) in [6.45, 7) is 1.90. The fraction of sp³-hybridized carbons (Fsp3) is 0.118. The Hall–Kier alpha value is -2.45. The fourth-order valence-corrected chi connectivity index (χ4v) is 3.95. The van der Waals surface area contributed by atoms with Crippen LogP contribution in [0.15, 0.2) is 52.7 Å². The van der Waals surface area contributed by atoms with E-state index in [1.165, 1.54) is 30.6 Å². The second-order valence-electron chi connectivity index (χ2n) is 5.23. The minimum atomic E-state index is -3.92. The van der Waals surface area contributed by atoms with Gasteiger partial charge in [-0.2, -0.15) is 0 Å². The summed E-state index contributed by atoms with van der Waals surface area (Å²) in [6, 6.07) is 10.4. The highest BCUT2D eigenvalue weighted by atomic mass is 32.2. The number of aromatic nitrogens is 1. The normalized spacial score (nSPS) is 11.3. The SMILES string of the molecule is COc1ccc(S(=O)(=O)Nc2cccc(-c3csc(C)n3)c2)cc1F. The first kappa shape index (κ1) is 17.4. The second kappa shape index (κ2) is 6.81. The smallest absolute Gasteiger partial charge is 0.262 e. The number of ether oxygens (including phenoxy) is 1. The zero-order valence-electron chi connectivity index (χ0n) is 13.5. The number of rotatable bonds is 5. The Morgan fingerprint density at radius 1 is 1.20 bits per heavy atom. The van der Waals surface area contributed by atoms with E-state index in [0.29, 0.717) is 5.69 Å². The molecular formula is C17H15FN2O3S2. The summed E-state index contributed by atoms with van der Waals surface area (Å²) in [5, 5.41) is 2.83. The van der Waals surface area contributed by atoms with Crippen LogP contribution in [-0.2, 0) is 10.0 Å². The largest absolute Gasteiger partial charge is 0.494 e. The zero-order chi connectivity index (χ0) is 18.0. The van der Waals surface area contributed by atoms with Crippen molar-refractivity contribution < 1.29 is 17.5 Å². The van der Waals surface area contributed by atoms with Crippen molar-refractivity contribution in [1.29, 1.82) is 0 Å². The van der Waals surface area contributed by atoms with Crippen LogP contribution in [0.4, 0.5) is 10.1 Å². The Labute approximate surface area is 149 Å². The van der Waals surface area contributed by atoms with Crippen molar-refractivity contribution in [2.45, 2.75) is 11.8 Å². The molecule has 0 unspecified atom stereocenters. The minimum Gasteiger partial charge on any atom is -0.494 e. The van der Waals surface area contributed by atoms with Gasteiger partial charge >= 0.3 is 0 Å². The average Bonchev–Trinajstić information content (AvgIpc) is 3.01. The number of anilines is 1. The topological polar surface area (TPSA) is 68.3 Å². The summed E-state index contributed by atoms with van der Waals surface area (Å²) in [5.41, 5.74) is 1.95. The molecule has 5 nitrogen and oxygen atoms in total. The Morgan fingerprint density at radius 2 is 2.00 bits per heavy atom. The van der Waals surface area contributed by atoms with Gasteiger partial charge in [-0.1, -0.05) is 12.1 Å². The molecule has 0 amide bonds. The van der Waals surface area contributed by atoms with Crippen LogP contribution >= 0.6 is 11.3 Å². The van der Waals surface area contributed by atoms with E-state index in [9.17, 15) is 12.8 Å². The Balaban J connectivity index is 1.89. The average molecular weight is 378 g/mol. The lowest BCUT2D eigenvalue weighted by Crippen LogP contribution is -2.13. The van der Waals surface area contributed by atoms with Gasteiger partial charge in [0.2, 0.25) is 0 Å². The van der Waals surface area contributed by atoms with Gasteiger partial charge in [0.15, 0.2) is 11.6 Å². The van der Waals surface area contributed by atoms with Crippen LogP contribution in [0.3, 0.4) is 0 Å². The Bertz CT molecular complexity index is 1020. The van der Waals surface area contributed by atoms with Gasteiger partial charge in [0.1, 0.15) is 0 Å². The van der Waals surface area contributed by atoms with Gasteiger partial charge in [0, 0.05) is 16.6 Å². The standard InChI is InChI=1S/C17H15FN2O3S2/c1-11-19-16(10-24-11)12-4-3-5-13(8-12)20-25(21,22)14-6-7-17(23-2)15(18)9-14/h3-10,20H,1-2H3. The summed E-state index contributed by atoms with van der Waals surface area (Å²) in [5.74, 6) is -0.753. The van der Waals surface area contributed by atoms with E-state index in [2.05, 4.69) is 9.71 Å². The van der Waals surface area contributed by atoms with Crippen molar-refractivity contribution in [2.75, 3.05) is 11.8 Å². The lowest BCUT2D eigenvalue weighted by Gasteiger charge is -2.10. The summed E-state index contributed by atoms with van der Waals surface area (Å²) >= 11 is 1.52. The van der Waals surface area contributed by atoms with Crippen LogP contribution in [0, 0.1) is 12.7 Å². The first-order valence-corrected chi connectivity index (χ1v) is 9.64. The molecule has 0 radical (unpaired) electrons. The van der Waals surface area contributed by atoms with Crippen molar-refractivity contribution in [3.8, 4) is 17.0 Å². The van der Waals surface area contributed by atoms with Crippen molar-refractivity contribution in [3.63, 3.8) is 0 Å². The molecule has 1 heterocycles. The highest BCUT2D eigenvalue weighted by molar-refractivity contribution is 7.92. The molecule has 0 aliphatic heterocycles. The van der Waals surface area contributed by atoms with Crippen LogP contribution in [0.2, 0.25) is 0 Å². The van der Waals surface area contributed by atoms with Crippen molar-refractivity contribution >= 4 is 27.0 Å². The van der Waals surface area contributed by atoms with Crippen LogP contribution in [0.25, 0.3) is 11.3 Å². The molecule has 0 aliphatic carbocycles. The van der Waals surface area contributed by atoms with E-state index in [4.69, 9.17) is 4.74 Å². The van der Waals surface area contributed by atoms with Gasteiger partial charge in [0.25, 0.3) is 10.0 Å². The Kier molecular flexibility index (Phi) is 4.73. The van der Waals surface area contributed by atoms with E-state index < -0.39 is 15.8 Å². The number of thiazole rings is 1. The van der Waals surface area contributed by atoms with Crippen LogP contribution in [-0.4, -0.2) is 20.5 Å². The van der Waals surface area contributed by atoms with E-state index in [1.807, 2.05) is 18.4 Å². The molecule has 3 rings (SSSR count). The maximum atomic E-state index is 13.8. The zero-order valence-corrected chi connectivity index (χ0v) is 15.1. The second-order valence-corrected chi connectivity index (χ2v) is 7.98. The van der Waals surface area contributed by atoms with Crippen molar-refractivity contribution in [2.24, 2.45) is 0 Å². The predicted molar refractivity (Wildman–Crippen MR) is 96.0 cm³/mol. The number of nitrogens with one attached hydrogen (secondary N) is 1. The molecule has 0 fully saturated rings. The van der Waals surface area contributed by atoms with Gasteiger partial charge < -0.3 is 4.74 Å². The molecule has 0 spiro atoms. The third kappa shape index (κ3) is 3.80. The number of methoxy groups -OCH3 is 1. The number of benzene rings is 2. The Morgan fingerprint density at radius 3 is 2.64 bits per heavy atom. The van der Waals surface area contributed by atoms with E-state index in [-0.39, 0.29) is 10.6 Å². The lowest BCUT2D eigenvalue weighted by molar-refractivity contribution is 0.385. The molecule has 1 aromatic heterocycles. The molecule has 1 N–H and O–H groups in total. The predicted octanol–water partition coefficient (Wildman–Crippen LogP) is 4.07. The molecule has 130 valence electrons. The first-order chi connectivity index (χ1) is 11.9. The molecule has 0 atom stereocenters. The maximum Gasteiger partial charge on any atom is 0.262 e. The maximum absolute atomic E-state index is 13.8. The third-order valence-corrected chi connectivity index (χ3v) is 5.62. The van der Waals surface area contributed by atoms with Gasteiger partial charge in [0.05, 0.1) is 22.7 Å². The van der Waals surface area contributed by atoms with Crippen LogP contribution in [0.5, 0.6) is 5.75 Å². The number of nitrogens with zero attached hydrogens (tertiary/aromatic N) is 1. The summed E-state index contributed by atoms with van der Waals surface area (Å²) in [4.78, 5) is 4.21. The fourth-order valence-electron chi connectivity index (χ4n) is 2.27. The van der Waals surface area contributed by atoms with Gasteiger partial charge in [-0.25, -0.2) is 17.8 Å². The quantitative estimate of drug-likeness (QED) is 0.727. The summed E-state index contributed by atoms with van der Waals surface area (Å²) in [6.07, 6.45) is 0. The van der Waals surface area contributed by atoms with Crippen LogP contribution < -0.4 is 9.46 Å². The molecule has 8 heteroatoms. The number of halogens is 1. The number of sulfonamides is 1. The molecule has 0 saturated heterocycles. The number of hydrogen-bond donors (Lipinski definition) is 1. The van der Waals surface area contributed by atoms with Crippen LogP contribution in [0.1, 0.15) is 5.01 Å². The summed E-state index contributed by atoms with van der Waals surface area (Å²) in [7, 11) is -2.60. The molecule has 3 aromatic rings. The molecule has 25 heavy (non-hydrogen) atoms. The van der Waals surface area contributed by atoms with Gasteiger partial charge in [-0.05, 0) is 37.3 Å². The van der Waals surface area contributed by atoms with E-state index in [1.54, 1.807) is 18.2 Å². The van der Waals surface area contributed by atoms with Gasteiger partial charge in [-0.15, -0.1) is 11.3 Å².